The molecule has 0 bridgehead atoms. The van der Waals surface area contributed by atoms with Gasteiger partial charge in [0, 0.05) is 32.1 Å². The summed E-state index contributed by atoms with van der Waals surface area (Å²) in [6.07, 6.45) is 4.03. The number of piperidine rings is 1. The van der Waals surface area contributed by atoms with Gasteiger partial charge in [-0.3, -0.25) is 4.79 Å². The van der Waals surface area contributed by atoms with Crippen molar-refractivity contribution in [2.24, 2.45) is 0 Å². The second kappa shape index (κ2) is 8.48. The molecule has 1 aliphatic rings. The van der Waals surface area contributed by atoms with Crippen molar-refractivity contribution >= 4 is 5.91 Å². The van der Waals surface area contributed by atoms with Gasteiger partial charge in [0.1, 0.15) is 0 Å². The Morgan fingerprint density at radius 1 is 1.29 bits per heavy atom. The minimum atomic E-state index is 0.194. The summed E-state index contributed by atoms with van der Waals surface area (Å²) in [5.74, 6) is 0.194. The van der Waals surface area contributed by atoms with Gasteiger partial charge in [-0.1, -0.05) is 13.8 Å². The van der Waals surface area contributed by atoms with Gasteiger partial charge in [0.15, 0.2) is 0 Å². The first-order valence-electron chi connectivity index (χ1n) is 6.98. The maximum atomic E-state index is 11.6. The predicted molar refractivity (Wildman–Crippen MR) is 71.1 cm³/mol. The fourth-order valence-electron chi connectivity index (χ4n) is 2.30. The highest BCUT2D eigenvalue weighted by Gasteiger charge is 2.19. The summed E-state index contributed by atoms with van der Waals surface area (Å²) >= 11 is 0. The van der Waals surface area contributed by atoms with Crippen molar-refractivity contribution in [3.05, 3.63) is 0 Å². The van der Waals surface area contributed by atoms with Crippen LogP contribution < -0.4 is 10.6 Å². The fraction of sp³-hybridized carbons (Fsp3) is 0.923. The Bertz CT molecular complexity index is 213. The second-order valence-corrected chi connectivity index (χ2v) is 4.79. The molecule has 0 aromatic rings. The van der Waals surface area contributed by atoms with Gasteiger partial charge in [0.25, 0.3) is 0 Å². The smallest absolute Gasteiger partial charge is 0.221 e. The topological polar surface area (TPSA) is 44.4 Å². The van der Waals surface area contributed by atoms with Crippen molar-refractivity contribution in [1.29, 1.82) is 0 Å². The Morgan fingerprint density at radius 3 is 2.59 bits per heavy atom. The third-order valence-electron chi connectivity index (χ3n) is 3.27. The van der Waals surface area contributed by atoms with Crippen molar-refractivity contribution in [2.75, 3.05) is 32.7 Å². The Kier molecular flexibility index (Phi) is 7.21. The molecule has 1 saturated heterocycles. The summed E-state index contributed by atoms with van der Waals surface area (Å²) in [6.45, 7) is 9.45. The van der Waals surface area contributed by atoms with Crippen LogP contribution in [0.5, 0.6) is 0 Å². The molecule has 1 heterocycles. The summed E-state index contributed by atoms with van der Waals surface area (Å²) in [6, 6.07) is 0.400. The molecule has 1 amide bonds. The van der Waals surface area contributed by atoms with E-state index in [0.717, 1.165) is 39.0 Å². The van der Waals surface area contributed by atoms with Crippen LogP contribution in [0.2, 0.25) is 0 Å². The number of hydrogen-bond donors (Lipinski definition) is 2. The molecule has 0 radical (unpaired) electrons. The lowest BCUT2D eigenvalue weighted by atomic mass is 10.0. The first kappa shape index (κ1) is 14.5. The summed E-state index contributed by atoms with van der Waals surface area (Å²) < 4.78 is 0. The molecular weight excluding hydrogens is 214 g/mol. The molecular formula is C13H27N3O. The zero-order valence-corrected chi connectivity index (χ0v) is 11.3. The van der Waals surface area contributed by atoms with Crippen LogP contribution in [-0.4, -0.2) is 49.6 Å². The second-order valence-electron chi connectivity index (χ2n) is 4.79. The Hall–Kier alpha value is -0.610. The van der Waals surface area contributed by atoms with Gasteiger partial charge in [0.2, 0.25) is 5.91 Å². The SMILES string of the molecule is CCCN1CCC(NC(=O)CCNCC)CC1. The van der Waals surface area contributed by atoms with E-state index in [-0.39, 0.29) is 5.91 Å². The van der Waals surface area contributed by atoms with Crippen molar-refractivity contribution < 1.29 is 4.79 Å². The average molecular weight is 241 g/mol. The summed E-state index contributed by atoms with van der Waals surface area (Å²) in [5.41, 5.74) is 0. The number of amides is 1. The van der Waals surface area contributed by atoms with E-state index in [4.69, 9.17) is 0 Å². The lowest BCUT2D eigenvalue weighted by molar-refractivity contribution is -0.122. The first-order chi connectivity index (χ1) is 8.26. The van der Waals surface area contributed by atoms with E-state index in [9.17, 15) is 4.79 Å². The zero-order valence-electron chi connectivity index (χ0n) is 11.3. The van der Waals surface area contributed by atoms with E-state index >= 15 is 0 Å². The third-order valence-corrected chi connectivity index (χ3v) is 3.27. The summed E-state index contributed by atoms with van der Waals surface area (Å²) in [4.78, 5) is 14.1. The minimum Gasteiger partial charge on any atom is -0.353 e. The van der Waals surface area contributed by atoms with Crippen LogP contribution in [0.1, 0.15) is 39.5 Å². The van der Waals surface area contributed by atoms with E-state index in [1.165, 1.54) is 13.0 Å². The van der Waals surface area contributed by atoms with Gasteiger partial charge in [-0.05, 0) is 32.4 Å². The molecule has 0 unspecified atom stereocenters. The van der Waals surface area contributed by atoms with E-state index in [0.29, 0.717) is 12.5 Å². The molecule has 1 fully saturated rings. The molecule has 0 atom stereocenters. The molecule has 4 nitrogen and oxygen atoms in total. The highest BCUT2D eigenvalue weighted by atomic mass is 16.1. The quantitative estimate of drug-likeness (QED) is 0.653. The molecule has 1 rings (SSSR count). The standard InChI is InChI=1S/C13H27N3O/c1-3-9-16-10-6-12(7-11-16)15-13(17)5-8-14-4-2/h12,14H,3-11H2,1-2H3,(H,15,17). The first-order valence-corrected chi connectivity index (χ1v) is 6.98. The highest BCUT2D eigenvalue weighted by molar-refractivity contribution is 5.76. The normalized spacial score (nSPS) is 18.2. The molecule has 1 aliphatic heterocycles. The molecule has 0 spiro atoms. The number of carbonyl (C=O) groups is 1. The predicted octanol–water partition coefficient (Wildman–Crippen LogP) is 0.977. The summed E-state index contributed by atoms with van der Waals surface area (Å²) in [7, 11) is 0. The van der Waals surface area contributed by atoms with Crippen LogP contribution >= 0.6 is 0 Å². The maximum Gasteiger partial charge on any atom is 0.221 e. The van der Waals surface area contributed by atoms with E-state index in [2.05, 4.69) is 29.4 Å². The van der Waals surface area contributed by atoms with Crippen molar-refractivity contribution in [2.45, 2.75) is 45.6 Å². The van der Waals surface area contributed by atoms with Crippen molar-refractivity contribution in [3.8, 4) is 0 Å². The van der Waals surface area contributed by atoms with Crippen LogP contribution in [-0.2, 0) is 4.79 Å². The van der Waals surface area contributed by atoms with Crippen LogP contribution in [0.4, 0.5) is 0 Å². The molecule has 0 aliphatic carbocycles. The van der Waals surface area contributed by atoms with Crippen LogP contribution in [0, 0.1) is 0 Å². The van der Waals surface area contributed by atoms with Gasteiger partial charge in [-0.2, -0.15) is 0 Å². The summed E-state index contributed by atoms with van der Waals surface area (Å²) in [5, 5.41) is 6.31. The van der Waals surface area contributed by atoms with Crippen molar-refractivity contribution in [1.82, 2.24) is 15.5 Å². The number of carbonyl (C=O) groups excluding carboxylic acids is 1. The molecule has 100 valence electrons. The Morgan fingerprint density at radius 2 is 2.00 bits per heavy atom. The Balaban J connectivity index is 2.10. The maximum absolute atomic E-state index is 11.6. The van der Waals surface area contributed by atoms with Gasteiger partial charge in [0.05, 0.1) is 0 Å². The minimum absolute atomic E-state index is 0.194. The fourth-order valence-corrected chi connectivity index (χ4v) is 2.30. The number of nitrogens with zero attached hydrogens (tertiary/aromatic N) is 1. The monoisotopic (exact) mass is 241 g/mol. The number of hydrogen-bond acceptors (Lipinski definition) is 3. The van der Waals surface area contributed by atoms with Crippen molar-refractivity contribution in [3.63, 3.8) is 0 Å². The molecule has 0 saturated carbocycles. The average Bonchev–Trinajstić information content (AvgIpc) is 2.32. The molecule has 2 N–H and O–H groups in total. The number of rotatable bonds is 7. The largest absolute Gasteiger partial charge is 0.353 e. The van der Waals surface area contributed by atoms with Gasteiger partial charge in [-0.15, -0.1) is 0 Å². The van der Waals surface area contributed by atoms with E-state index in [1.54, 1.807) is 0 Å². The van der Waals surface area contributed by atoms with Gasteiger partial charge < -0.3 is 15.5 Å². The highest BCUT2D eigenvalue weighted by Crippen LogP contribution is 2.10. The molecule has 4 heteroatoms. The lowest BCUT2D eigenvalue weighted by Gasteiger charge is -2.32. The van der Waals surface area contributed by atoms with E-state index < -0.39 is 0 Å². The molecule has 17 heavy (non-hydrogen) atoms. The van der Waals surface area contributed by atoms with Gasteiger partial charge in [-0.25, -0.2) is 0 Å². The third kappa shape index (κ3) is 6.03. The zero-order chi connectivity index (χ0) is 12.5. The van der Waals surface area contributed by atoms with Gasteiger partial charge >= 0.3 is 0 Å². The number of nitrogens with one attached hydrogen (secondary N) is 2. The number of likely N-dealkylation sites (tertiary alicyclic amines) is 1. The lowest BCUT2D eigenvalue weighted by Crippen LogP contribution is -2.45. The Labute approximate surface area is 105 Å². The molecule has 0 aromatic carbocycles. The molecule has 0 aromatic heterocycles. The van der Waals surface area contributed by atoms with E-state index in [1.807, 2.05) is 0 Å². The van der Waals surface area contributed by atoms with Crippen LogP contribution in [0.3, 0.4) is 0 Å². The van der Waals surface area contributed by atoms with Crippen LogP contribution in [0.25, 0.3) is 0 Å². The van der Waals surface area contributed by atoms with Crippen LogP contribution in [0.15, 0.2) is 0 Å².